The van der Waals surface area contributed by atoms with Crippen LogP contribution in [0.15, 0.2) is 59.4 Å². The first kappa shape index (κ1) is 18.6. The van der Waals surface area contributed by atoms with Crippen LogP contribution >= 0.6 is 0 Å². The van der Waals surface area contributed by atoms with Gasteiger partial charge in [0.25, 0.3) is 5.56 Å². The van der Waals surface area contributed by atoms with Crippen LogP contribution in [0.2, 0.25) is 0 Å². The molecule has 4 N–H and O–H groups in total. The second-order valence-electron chi connectivity index (χ2n) is 6.22. The third-order valence-electron chi connectivity index (χ3n) is 4.22. The molecule has 140 valence electrons. The van der Waals surface area contributed by atoms with E-state index in [4.69, 9.17) is 0 Å². The fraction of sp³-hybridized carbons (Fsp3) is 0.250. The highest BCUT2D eigenvalue weighted by atomic mass is 16.3. The lowest BCUT2D eigenvalue weighted by atomic mass is 10.1. The number of hydrogen-bond acceptors (Lipinski definition) is 5. The SMILES string of the molecule is O=C(NCCCNc1n[nH]c(=O)c2ccccc12)C(O)Cc1ccccc1. The van der Waals surface area contributed by atoms with Crippen molar-refractivity contribution in [3.8, 4) is 0 Å². The lowest BCUT2D eigenvalue weighted by molar-refractivity contribution is -0.129. The molecule has 0 fully saturated rings. The fourth-order valence-corrected chi connectivity index (χ4v) is 2.80. The summed E-state index contributed by atoms with van der Waals surface area (Å²) in [5.74, 6) is 0.215. The van der Waals surface area contributed by atoms with E-state index in [1.54, 1.807) is 12.1 Å². The van der Waals surface area contributed by atoms with Crippen LogP contribution in [0.3, 0.4) is 0 Å². The van der Waals surface area contributed by atoms with Crippen LogP contribution in [0.4, 0.5) is 5.82 Å². The van der Waals surface area contributed by atoms with Crippen LogP contribution in [0.5, 0.6) is 0 Å². The molecule has 0 spiro atoms. The number of amides is 1. The number of hydrogen-bond donors (Lipinski definition) is 4. The summed E-state index contributed by atoms with van der Waals surface area (Å²) >= 11 is 0. The molecule has 0 aliphatic heterocycles. The van der Waals surface area contributed by atoms with Gasteiger partial charge in [-0.05, 0) is 18.1 Å². The molecule has 2 aromatic carbocycles. The van der Waals surface area contributed by atoms with Gasteiger partial charge in [0, 0.05) is 24.9 Å². The van der Waals surface area contributed by atoms with Crippen molar-refractivity contribution in [1.82, 2.24) is 15.5 Å². The first-order valence-corrected chi connectivity index (χ1v) is 8.86. The van der Waals surface area contributed by atoms with E-state index >= 15 is 0 Å². The summed E-state index contributed by atoms with van der Waals surface area (Å²) in [6.07, 6.45) is -0.123. The Morgan fingerprint density at radius 1 is 1.04 bits per heavy atom. The number of aromatic nitrogens is 2. The van der Waals surface area contributed by atoms with Crippen molar-refractivity contribution in [2.24, 2.45) is 0 Å². The van der Waals surface area contributed by atoms with Gasteiger partial charge < -0.3 is 15.7 Å². The van der Waals surface area contributed by atoms with Crippen LogP contribution in [0, 0.1) is 0 Å². The lowest BCUT2D eigenvalue weighted by Crippen LogP contribution is -2.36. The van der Waals surface area contributed by atoms with E-state index in [1.807, 2.05) is 42.5 Å². The van der Waals surface area contributed by atoms with Crippen molar-refractivity contribution in [2.45, 2.75) is 18.9 Å². The van der Waals surface area contributed by atoms with Crippen molar-refractivity contribution >= 4 is 22.5 Å². The van der Waals surface area contributed by atoms with Crippen LogP contribution < -0.4 is 16.2 Å². The molecule has 0 aliphatic rings. The third kappa shape index (κ3) is 4.92. The number of carbonyl (C=O) groups is 1. The molecule has 3 aromatic rings. The normalized spacial score (nSPS) is 11.9. The zero-order valence-electron chi connectivity index (χ0n) is 14.8. The van der Waals surface area contributed by atoms with Crippen LogP contribution in [0.25, 0.3) is 10.8 Å². The Balaban J connectivity index is 1.44. The van der Waals surface area contributed by atoms with Gasteiger partial charge >= 0.3 is 0 Å². The molecule has 7 heteroatoms. The van der Waals surface area contributed by atoms with Gasteiger partial charge in [0.2, 0.25) is 5.91 Å². The van der Waals surface area contributed by atoms with E-state index in [0.717, 1.165) is 10.9 Å². The highest BCUT2D eigenvalue weighted by Crippen LogP contribution is 2.16. The number of carbonyl (C=O) groups excluding carboxylic acids is 1. The predicted octanol–water partition coefficient (Wildman–Crippen LogP) is 1.44. The number of rotatable bonds is 8. The minimum Gasteiger partial charge on any atom is -0.383 e. The Kier molecular flexibility index (Phi) is 6.17. The molecule has 0 saturated heterocycles. The number of anilines is 1. The summed E-state index contributed by atoms with van der Waals surface area (Å²) in [4.78, 5) is 23.7. The number of aliphatic hydroxyl groups is 1. The molecule has 1 atom stereocenters. The van der Waals surface area contributed by atoms with Gasteiger partial charge in [-0.3, -0.25) is 9.59 Å². The van der Waals surface area contributed by atoms with Crippen LogP contribution in [-0.2, 0) is 11.2 Å². The quantitative estimate of drug-likeness (QED) is 0.451. The maximum absolute atomic E-state index is 12.0. The van der Waals surface area contributed by atoms with Gasteiger partial charge in [0.05, 0.1) is 5.39 Å². The van der Waals surface area contributed by atoms with Gasteiger partial charge in [-0.1, -0.05) is 48.5 Å². The summed E-state index contributed by atoms with van der Waals surface area (Å²) < 4.78 is 0. The number of aromatic amines is 1. The van der Waals surface area contributed by atoms with E-state index in [1.165, 1.54) is 0 Å². The molecule has 3 rings (SSSR count). The Morgan fingerprint density at radius 2 is 1.74 bits per heavy atom. The van der Waals surface area contributed by atoms with Crippen molar-refractivity contribution in [2.75, 3.05) is 18.4 Å². The van der Waals surface area contributed by atoms with Gasteiger partial charge in [-0.15, -0.1) is 0 Å². The van der Waals surface area contributed by atoms with Gasteiger partial charge in [-0.2, -0.15) is 5.10 Å². The van der Waals surface area contributed by atoms with Crippen molar-refractivity contribution < 1.29 is 9.90 Å². The molecule has 7 nitrogen and oxygen atoms in total. The van der Waals surface area contributed by atoms with Crippen LogP contribution in [0.1, 0.15) is 12.0 Å². The lowest BCUT2D eigenvalue weighted by Gasteiger charge is -2.12. The topological polar surface area (TPSA) is 107 Å². The van der Waals surface area contributed by atoms with E-state index in [9.17, 15) is 14.7 Å². The van der Waals surface area contributed by atoms with Crippen molar-refractivity contribution in [3.63, 3.8) is 0 Å². The molecular formula is C20H22N4O3. The average Bonchev–Trinajstić information content (AvgIpc) is 2.70. The van der Waals surface area contributed by atoms with Crippen molar-refractivity contribution in [1.29, 1.82) is 0 Å². The zero-order chi connectivity index (χ0) is 19.1. The minimum atomic E-state index is -1.06. The molecule has 27 heavy (non-hydrogen) atoms. The van der Waals surface area contributed by atoms with Gasteiger partial charge in [-0.25, -0.2) is 5.10 Å². The van der Waals surface area contributed by atoms with E-state index in [0.29, 0.717) is 30.7 Å². The summed E-state index contributed by atoms with van der Waals surface area (Å²) in [6, 6.07) is 16.6. The Morgan fingerprint density at radius 3 is 2.52 bits per heavy atom. The molecular weight excluding hydrogens is 344 g/mol. The van der Waals surface area contributed by atoms with Crippen LogP contribution in [-0.4, -0.2) is 40.4 Å². The molecule has 0 radical (unpaired) electrons. The maximum atomic E-state index is 12.0. The molecule has 1 heterocycles. The number of nitrogens with one attached hydrogen (secondary N) is 3. The van der Waals surface area contributed by atoms with Gasteiger partial charge in [0.15, 0.2) is 5.82 Å². The Labute approximate surface area is 156 Å². The van der Waals surface area contributed by atoms with Crippen molar-refractivity contribution in [3.05, 3.63) is 70.5 Å². The second-order valence-corrected chi connectivity index (χ2v) is 6.22. The summed E-state index contributed by atoms with van der Waals surface area (Å²) in [6.45, 7) is 0.997. The number of fused-ring (bicyclic) bond motifs is 1. The molecule has 1 unspecified atom stereocenters. The summed E-state index contributed by atoms with van der Waals surface area (Å²) in [5.41, 5.74) is 0.689. The smallest absolute Gasteiger partial charge is 0.272 e. The molecule has 0 saturated carbocycles. The highest BCUT2D eigenvalue weighted by Gasteiger charge is 2.14. The third-order valence-corrected chi connectivity index (χ3v) is 4.22. The Hall–Kier alpha value is -3.19. The first-order valence-electron chi connectivity index (χ1n) is 8.86. The van der Waals surface area contributed by atoms with E-state index < -0.39 is 6.10 Å². The Bertz CT molecular complexity index is 956. The number of H-pyrrole nitrogens is 1. The largest absolute Gasteiger partial charge is 0.383 e. The number of aliphatic hydroxyl groups excluding tert-OH is 1. The van der Waals surface area contributed by atoms with E-state index in [-0.39, 0.29) is 17.9 Å². The molecule has 1 amide bonds. The fourth-order valence-electron chi connectivity index (χ4n) is 2.80. The minimum absolute atomic E-state index is 0.226. The standard InChI is InChI=1S/C20H22N4O3/c25-17(13-14-7-2-1-3-8-14)20(27)22-12-6-11-21-18-15-9-4-5-10-16(15)19(26)24-23-18/h1-5,7-10,17,25H,6,11-13H2,(H,21,23)(H,22,27)(H,24,26). The monoisotopic (exact) mass is 366 g/mol. The first-order chi connectivity index (χ1) is 13.1. The van der Waals surface area contributed by atoms with E-state index in [2.05, 4.69) is 20.8 Å². The zero-order valence-corrected chi connectivity index (χ0v) is 14.8. The second kappa shape index (κ2) is 8.95. The van der Waals surface area contributed by atoms with Gasteiger partial charge in [0.1, 0.15) is 6.10 Å². The molecule has 1 aromatic heterocycles. The summed E-state index contributed by atoms with van der Waals surface area (Å²) in [7, 11) is 0. The predicted molar refractivity (Wildman–Crippen MR) is 105 cm³/mol. The number of nitrogens with zero attached hydrogens (tertiary/aromatic N) is 1. The highest BCUT2D eigenvalue weighted by molar-refractivity contribution is 5.90. The average molecular weight is 366 g/mol. The number of benzene rings is 2. The maximum Gasteiger partial charge on any atom is 0.272 e. The summed E-state index contributed by atoms with van der Waals surface area (Å²) in [5, 5.41) is 23.7. The molecule has 0 bridgehead atoms. The molecule has 0 aliphatic carbocycles.